The Morgan fingerprint density at radius 2 is 2.00 bits per heavy atom. The molecule has 0 unspecified atom stereocenters. The fourth-order valence-electron chi connectivity index (χ4n) is 1.61. The van der Waals surface area contributed by atoms with Crippen molar-refractivity contribution in [2.24, 2.45) is 5.73 Å². The summed E-state index contributed by atoms with van der Waals surface area (Å²) in [6.07, 6.45) is 2.71. The van der Waals surface area contributed by atoms with E-state index in [1.807, 2.05) is 0 Å². The van der Waals surface area contributed by atoms with E-state index in [1.165, 1.54) is 24.0 Å². The Morgan fingerprint density at radius 1 is 1.31 bits per heavy atom. The van der Waals surface area contributed by atoms with Gasteiger partial charge in [0.1, 0.15) is 0 Å². The van der Waals surface area contributed by atoms with Crippen molar-refractivity contribution in [1.82, 2.24) is 0 Å². The molecule has 1 aromatic carbocycles. The van der Waals surface area contributed by atoms with Gasteiger partial charge in [0.25, 0.3) is 0 Å². The molecule has 1 aliphatic carbocycles. The highest BCUT2D eigenvalue weighted by molar-refractivity contribution is 5.32. The second-order valence-corrected chi connectivity index (χ2v) is 4.62. The molecule has 1 fully saturated rings. The average Bonchev–Trinajstić information content (AvgIpc) is 2.85. The van der Waals surface area contributed by atoms with Crippen molar-refractivity contribution in [3.05, 3.63) is 35.4 Å². The molecule has 0 radical (unpaired) electrons. The van der Waals surface area contributed by atoms with Crippen LogP contribution < -0.4 is 5.73 Å². The summed E-state index contributed by atoms with van der Waals surface area (Å²) in [5.74, 6) is 0.822. The zero-order valence-electron chi connectivity index (χ0n) is 8.38. The molecule has 70 valence electrons. The Balaban J connectivity index is 2.32. The van der Waals surface area contributed by atoms with Crippen LogP contribution in [0.3, 0.4) is 0 Å². The monoisotopic (exact) mass is 175 g/mol. The van der Waals surface area contributed by atoms with Crippen LogP contribution in [-0.2, 0) is 5.54 Å². The molecule has 0 amide bonds. The number of rotatable bonds is 2. The molecule has 1 heteroatoms. The van der Waals surface area contributed by atoms with Crippen LogP contribution in [0.15, 0.2) is 24.3 Å². The van der Waals surface area contributed by atoms with Gasteiger partial charge in [0.05, 0.1) is 0 Å². The van der Waals surface area contributed by atoms with Crippen LogP contribution >= 0.6 is 0 Å². The Morgan fingerprint density at radius 3 is 2.54 bits per heavy atom. The Hall–Kier alpha value is -0.820. The van der Waals surface area contributed by atoms with Gasteiger partial charge in [0, 0.05) is 5.54 Å². The smallest absolute Gasteiger partial charge is 0.0352 e. The van der Waals surface area contributed by atoms with Gasteiger partial charge in [-0.3, -0.25) is 0 Å². The lowest BCUT2D eigenvalue weighted by molar-refractivity contribution is 0.553. The molecule has 2 rings (SSSR count). The van der Waals surface area contributed by atoms with Gasteiger partial charge in [-0.1, -0.05) is 24.3 Å². The lowest BCUT2D eigenvalue weighted by Gasteiger charge is -2.19. The van der Waals surface area contributed by atoms with E-state index >= 15 is 0 Å². The highest BCUT2D eigenvalue weighted by Gasteiger charge is 2.24. The van der Waals surface area contributed by atoms with E-state index in [1.54, 1.807) is 0 Å². The lowest BCUT2D eigenvalue weighted by Crippen LogP contribution is -2.28. The van der Waals surface area contributed by atoms with E-state index in [0.29, 0.717) is 0 Å². The molecule has 1 saturated carbocycles. The molecule has 13 heavy (non-hydrogen) atoms. The van der Waals surface area contributed by atoms with Gasteiger partial charge < -0.3 is 5.73 Å². The first-order valence-electron chi connectivity index (χ1n) is 4.97. The van der Waals surface area contributed by atoms with Crippen LogP contribution in [0.5, 0.6) is 0 Å². The maximum atomic E-state index is 6.05. The first-order valence-corrected chi connectivity index (χ1v) is 4.97. The molecule has 0 saturated heterocycles. The standard InChI is InChI=1S/C12H17N/c1-12(2,13)11-5-3-4-10(8-11)9-6-7-9/h3-5,8-9H,6-7,13H2,1-2H3. The van der Waals surface area contributed by atoms with Crippen LogP contribution in [0.25, 0.3) is 0 Å². The normalized spacial score (nSPS) is 17.5. The summed E-state index contributed by atoms with van der Waals surface area (Å²) in [6, 6.07) is 8.72. The number of nitrogens with two attached hydrogens (primary N) is 1. The van der Waals surface area contributed by atoms with Gasteiger partial charge in [0.15, 0.2) is 0 Å². The van der Waals surface area contributed by atoms with Crippen LogP contribution in [-0.4, -0.2) is 0 Å². The summed E-state index contributed by atoms with van der Waals surface area (Å²) >= 11 is 0. The fraction of sp³-hybridized carbons (Fsp3) is 0.500. The van der Waals surface area contributed by atoms with Crippen LogP contribution in [0, 0.1) is 0 Å². The first kappa shape index (κ1) is 8.76. The van der Waals surface area contributed by atoms with Gasteiger partial charge in [-0.25, -0.2) is 0 Å². The van der Waals surface area contributed by atoms with Crippen molar-refractivity contribution < 1.29 is 0 Å². The van der Waals surface area contributed by atoms with Gasteiger partial charge in [0.2, 0.25) is 0 Å². The number of hydrogen-bond donors (Lipinski definition) is 1. The highest BCUT2D eigenvalue weighted by Crippen LogP contribution is 2.40. The molecule has 0 aliphatic heterocycles. The average molecular weight is 175 g/mol. The topological polar surface area (TPSA) is 26.0 Å². The van der Waals surface area contributed by atoms with Crippen molar-refractivity contribution in [2.75, 3.05) is 0 Å². The summed E-state index contributed by atoms with van der Waals surface area (Å²) < 4.78 is 0. The predicted molar refractivity (Wildman–Crippen MR) is 55.6 cm³/mol. The molecular formula is C12H17N. The predicted octanol–water partition coefficient (Wildman–Crippen LogP) is 2.76. The minimum Gasteiger partial charge on any atom is -0.322 e. The van der Waals surface area contributed by atoms with Gasteiger partial charge in [-0.2, -0.15) is 0 Å². The second kappa shape index (κ2) is 2.85. The Bertz CT molecular complexity index is 305. The summed E-state index contributed by atoms with van der Waals surface area (Å²) in [5, 5.41) is 0. The minimum absolute atomic E-state index is 0.203. The largest absolute Gasteiger partial charge is 0.322 e. The third kappa shape index (κ3) is 1.92. The van der Waals surface area contributed by atoms with Crippen molar-refractivity contribution in [3.8, 4) is 0 Å². The second-order valence-electron chi connectivity index (χ2n) is 4.62. The van der Waals surface area contributed by atoms with Crippen LogP contribution in [0.2, 0.25) is 0 Å². The highest BCUT2D eigenvalue weighted by atomic mass is 14.7. The third-order valence-corrected chi connectivity index (χ3v) is 2.68. The fourth-order valence-corrected chi connectivity index (χ4v) is 1.61. The number of hydrogen-bond acceptors (Lipinski definition) is 1. The first-order chi connectivity index (χ1) is 6.07. The van der Waals surface area contributed by atoms with E-state index in [4.69, 9.17) is 5.73 Å². The van der Waals surface area contributed by atoms with E-state index in [0.717, 1.165) is 5.92 Å². The van der Waals surface area contributed by atoms with Gasteiger partial charge >= 0.3 is 0 Å². The SMILES string of the molecule is CC(C)(N)c1cccc(C2CC2)c1. The van der Waals surface area contributed by atoms with Crippen molar-refractivity contribution in [2.45, 2.75) is 38.1 Å². The molecule has 0 atom stereocenters. The number of benzene rings is 1. The molecular weight excluding hydrogens is 158 g/mol. The molecule has 1 aliphatic rings. The molecule has 0 heterocycles. The van der Waals surface area contributed by atoms with Crippen molar-refractivity contribution in [1.29, 1.82) is 0 Å². The lowest BCUT2D eigenvalue weighted by atomic mass is 9.93. The third-order valence-electron chi connectivity index (χ3n) is 2.68. The van der Waals surface area contributed by atoms with Gasteiger partial charge in [-0.15, -0.1) is 0 Å². The van der Waals surface area contributed by atoms with E-state index in [2.05, 4.69) is 38.1 Å². The van der Waals surface area contributed by atoms with Crippen LogP contribution in [0.1, 0.15) is 43.7 Å². The summed E-state index contributed by atoms with van der Waals surface area (Å²) in [6.45, 7) is 4.11. The van der Waals surface area contributed by atoms with Gasteiger partial charge in [-0.05, 0) is 43.7 Å². The van der Waals surface area contributed by atoms with Crippen molar-refractivity contribution >= 4 is 0 Å². The Kier molecular flexibility index (Phi) is 1.92. The quantitative estimate of drug-likeness (QED) is 0.735. The zero-order valence-corrected chi connectivity index (χ0v) is 8.38. The van der Waals surface area contributed by atoms with E-state index in [-0.39, 0.29) is 5.54 Å². The molecule has 0 spiro atoms. The van der Waals surface area contributed by atoms with Crippen LogP contribution in [0.4, 0.5) is 0 Å². The van der Waals surface area contributed by atoms with Crippen molar-refractivity contribution in [3.63, 3.8) is 0 Å². The maximum absolute atomic E-state index is 6.05. The van der Waals surface area contributed by atoms with E-state index in [9.17, 15) is 0 Å². The zero-order chi connectivity index (χ0) is 9.47. The summed E-state index contributed by atoms with van der Waals surface area (Å²) in [5.41, 5.74) is 8.56. The van der Waals surface area contributed by atoms with E-state index < -0.39 is 0 Å². The summed E-state index contributed by atoms with van der Waals surface area (Å²) in [4.78, 5) is 0. The minimum atomic E-state index is -0.203. The maximum Gasteiger partial charge on any atom is 0.0352 e. The molecule has 1 aromatic rings. The molecule has 1 nitrogen and oxygen atoms in total. The molecule has 2 N–H and O–H groups in total. The molecule has 0 aromatic heterocycles. The Labute approximate surface area is 80.0 Å². The summed E-state index contributed by atoms with van der Waals surface area (Å²) in [7, 11) is 0. The molecule has 0 bridgehead atoms.